The standard InChI is InChI=1S/C8H16N2O/c1-10-8(11)6-3-2-4-7(9)5-6/h6-7H,2-5,9H2,1H3,(H,10,11)/t6-,7+/m0/s1. The molecule has 0 aromatic heterocycles. The van der Waals surface area contributed by atoms with Gasteiger partial charge in [0.25, 0.3) is 0 Å². The van der Waals surface area contributed by atoms with Crippen LogP contribution in [0.2, 0.25) is 0 Å². The van der Waals surface area contributed by atoms with Crippen molar-refractivity contribution in [1.29, 1.82) is 0 Å². The summed E-state index contributed by atoms with van der Waals surface area (Å²) in [6.07, 6.45) is 4.04. The molecule has 3 N–H and O–H groups in total. The summed E-state index contributed by atoms with van der Waals surface area (Å²) >= 11 is 0. The van der Waals surface area contributed by atoms with Crippen LogP contribution in [0.25, 0.3) is 0 Å². The quantitative estimate of drug-likeness (QED) is 0.571. The molecule has 1 rings (SSSR count). The van der Waals surface area contributed by atoms with Crippen molar-refractivity contribution in [1.82, 2.24) is 5.32 Å². The minimum Gasteiger partial charge on any atom is -0.359 e. The molecular weight excluding hydrogens is 140 g/mol. The third kappa shape index (κ3) is 2.19. The van der Waals surface area contributed by atoms with Gasteiger partial charge < -0.3 is 11.1 Å². The minimum atomic E-state index is 0.153. The zero-order chi connectivity index (χ0) is 8.27. The second-order valence-corrected chi connectivity index (χ2v) is 3.24. The monoisotopic (exact) mass is 156 g/mol. The van der Waals surface area contributed by atoms with Crippen molar-refractivity contribution in [2.24, 2.45) is 11.7 Å². The average molecular weight is 156 g/mol. The van der Waals surface area contributed by atoms with E-state index < -0.39 is 0 Å². The highest BCUT2D eigenvalue weighted by atomic mass is 16.1. The zero-order valence-corrected chi connectivity index (χ0v) is 6.97. The molecule has 0 aromatic rings. The van der Waals surface area contributed by atoms with E-state index in [1.807, 2.05) is 0 Å². The molecule has 0 heterocycles. The van der Waals surface area contributed by atoms with Crippen LogP contribution in [0.3, 0.4) is 0 Å². The molecule has 0 radical (unpaired) electrons. The molecule has 2 atom stereocenters. The van der Waals surface area contributed by atoms with Gasteiger partial charge in [-0.3, -0.25) is 4.79 Å². The van der Waals surface area contributed by atoms with Gasteiger partial charge in [0.2, 0.25) is 5.91 Å². The van der Waals surface area contributed by atoms with Crippen LogP contribution >= 0.6 is 0 Å². The van der Waals surface area contributed by atoms with Crippen LogP contribution in [-0.4, -0.2) is 19.0 Å². The van der Waals surface area contributed by atoms with Crippen LogP contribution in [0, 0.1) is 5.92 Å². The summed E-state index contributed by atoms with van der Waals surface area (Å²) < 4.78 is 0. The fourth-order valence-electron chi connectivity index (χ4n) is 1.67. The van der Waals surface area contributed by atoms with E-state index in [0.29, 0.717) is 0 Å². The minimum absolute atomic E-state index is 0.153. The number of hydrogen-bond donors (Lipinski definition) is 2. The summed E-state index contributed by atoms with van der Waals surface area (Å²) in [5, 5.41) is 2.66. The second-order valence-electron chi connectivity index (χ2n) is 3.24. The number of amides is 1. The maximum atomic E-state index is 11.1. The molecule has 0 bridgehead atoms. The van der Waals surface area contributed by atoms with E-state index in [1.54, 1.807) is 7.05 Å². The number of nitrogens with one attached hydrogen (secondary N) is 1. The first kappa shape index (κ1) is 8.53. The first-order valence-corrected chi connectivity index (χ1v) is 4.21. The normalized spacial score (nSPS) is 31.5. The predicted molar refractivity (Wildman–Crippen MR) is 44.0 cm³/mol. The molecule has 0 aliphatic heterocycles. The smallest absolute Gasteiger partial charge is 0.222 e. The van der Waals surface area contributed by atoms with E-state index in [1.165, 1.54) is 0 Å². The third-order valence-electron chi connectivity index (χ3n) is 2.33. The Hall–Kier alpha value is -0.570. The Morgan fingerprint density at radius 1 is 1.55 bits per heavy atom. The lowest BCUT2D eigenvalue weighted by molar-refractivity contribution is -0.125. The SMILES string of the molecule is CNC(=O)[C@H]1CCC[C@@H](N)C1. The number of hydrogen-bond acceptors (Lipinski definition) is 2. The summed E-state index contributed by atoms with van der Waals surface area (Å²) in [6.45, 7) is 0. The summed E-state index contributed by atoms with van der Waals surface area (Å²) in [7, 11) is 1.68. The van der Waals surface area contributed by atoms with Gasteiger partial charge in [0.05, 0.1) is 0 Å². The molecule has 1 fully saturated rings. The zero-order valence-electron chi connectivity index (χ0n) is 6.97. The maximum absolute atomic E-state index is 11.1. The van der Waals surface area contributed by atoms with Crippen LogP contribution in [0.1, 0.15) is 25.7 Å². The van der Waals surface area contributed by atoms with E-state index in [0.717, 1.165) is 25.7 Å². The van der Waals surface area contributed by atoms with Crippen LogP contribution in [-0.2, 0) is 4.79 Å². The van der Waals surface area contributed by atoms with Gasteiger partial charge in [0.15, 0.2) is 0 Å². The topological polar surface area (TPSA) is 55.1 Å². The van der Waals surface area contributed by atoms with E-state index in [9.17, 15) is 4.79 Å². The molecule has 1 aliphatic carbocycles. The fourth-order valence-corrected chi connectivity index (χ4v) is 1.67. The molecule has 0 spiro atoms. The highest BCUT2D eigenvalue weighted by molar-refractivity contribution is 5.78. The van der Waals surface area contributed by atoms with Gasteiger partial charge >= 0.3 is 0 Å². The Kier molecular flexibility index (Phi) is 2.88. The molecule has 64 valence electrons. The van der Waals surface area contributed by atoms with Crippen molar-refractivity contribution in [2.75, 3.05) is 7.05 Å². The first-order chi connectivity index (χ1) is 5.24. The Morgan fingerprint density at radius 3 is 2.82 bits per heavy atom. The van der Waals surface area contributed by atoms with Gasteiger partial charge in [0, 0.05) is 19.0 Å². The lowest BCUT2D eigenvalue weighted by atomic mass is 9.86. The Labute approximate surface area is 67.3 Å². The molecule has 3 heteroatoms. The Bertz CT molecular complexity index is 147. The molecule has 3 nitrogen and oxygen atoms in total. The van der Waals surface area contributed by atoms with Gasteiger partial charge in [-0.05, 0) is 19.3 Å². The van der Waals surface area contributed by atoms with Crippen LogP contribution in [0.4, 0.5) is 0 Å². The predicted octanol–water partition coefficient (Wildman–Crippen LogP) is 0.250. The summed E-state index contributed by atoms with van der Waals surface area (Å²) in [5.41, 5.74) is 5.74. The number of carbonyl (C=O) groups excluding carboxylic acids is 1. The van der Waals surface area contributed by atoms with Crippen molar-refractivity contribution >= 4 is 5.91 Å². The van der Waals surface area contributed by atoms with Crippen molar-refractivity contribution in [3.05, 3.63) is 0 Å². The summed E-state index contributed by atoms with van der Waals surface area (Å²) in [6, 6.07) is 0.242. The number of carbonyl (C=O) groups is 1. The second kappa shape index (κ2) is 3.72. The highest BCUT2D eigenvalue weighted by Gasteiger charge is 2.23. The Balaban J connectivity index is 2.39. The third-order valence-corrected chi connectivity index (χ3v) is 2.33. The van der Waals surface area contributed by atoms with Crippen LogP contribution < -0.4 is 11.1 Å². The molecule has 0 unspecified atom stereocenters. The molecule has 0 aromatic carbocycles. The molecule has 0 saturated heterocycles. The first-order valence-electron chi connectivity index (χ1n) is 4.21. The van der Waals surface area contributed by atoms with Gasteiger partial charge in [-0.2, -0.15) is 0 Å². The van der Waals surface area contributed by atoms with Crippen molar-refractivity contribution in [2.45, 2.75) is 31.7 Å². The average Bonchev–Trinajstić information content (AvgIpc) is 2.03. The lowest BCUT2D eigenvalue weighted by Gasteiger charge is -2.24. The van der Waals surface area contributed by atoms with Crippen molar-refractivity contribution in [3.8, 4) is 0 Å². The van der Waals surface area contributed by atoms with E-state index in [-0.39, 0.29) is 17.9 Å². The van der Waals surface area contributed by atoms with Gasteiger partial charge in [-0.25, -0.2) is 0 Å². The fraction of sp³-hybridized carbons (Fsp3) is 0.875. The van der Waals surface area contributed by atoms with E-state index in [4.69, 9.17) is 5.73 Å². The summed E-state index contributed by atoms with van der Waals surface area (Å²) in [5.74, 6) is 0.323. The maximum Gasteiger partial charge on any atom is 0.222 e. The molecule has 1 aliphatic rings. The Morgan fingerprint density at radius 2 is 2.27 bits per heavy atom. The van der Waals surface area contributed by atoms with Gasteiger partial charge in [-0.1, -0.05) is 6.42 Å². The van der Waals surface area contributed by atoms with Crippen LogP contribution in [0.5, 0.6) is 0 Å². The summed E-state index contributed by atoms with van der Waals surface area (Å²) in [4.78, 5) is 11.1. The highest BCUT2D eigenvalue weighted by Crippen LogP contribution is 2.22. The van der Waals surface area contributed by atoms with Gasteiger partial charge in [0.1, 0.15) is 0 Å². The van der Waals surface area contributed by atoms with Crippen molar-refractivity contribution < 1.29 is 4.79 Å². The molecule has 1 saturated carbocycles. The molecule has 11 heavy (non-hydrogen) atoms. The molecular formula is C8H16N2O. The lowest BCUT2D eigenvalue weighted by Crippen LogP contribution is -2.36. The van der Waals surface area contributed by atoms with Crippen molar-refractivity contribution in [3.63, 3.8) is 0 Å². The molecule has 1 amide bonds. The van der Waals surface area contributed by atoms with E-state index in [2.05, 4.69) is 5.32 Å². The van der Waals surface area contributed by atoms with E-state index >= 15 is 0 Å². The van der Waals surface area contributed by atoms with Crippen LogP contribution in [0.15, 0.2) is 0 Å². The number of nitrogens with two attached hydrogens (primary N) is 1. The number of rotatable bonds is 1. The largest absolute Gasteiger partial charge is 0.359 e. The van der Waals surface area contributed by atoms with Gasteiger partial charge in [-0.15, -0.1) is 0 Å².